The molecule has 9 heteroatoms. The molecule has 0 bridgehead atoms. The van der Waals surface area contributed by atoms with Gasteiger partial charge in [-0.05, 0) is 31.9 Å². The Bertz CT molecular complexity index is 929. The molecule has 0 aliphatic carbocycles. The average Bonchev–Trinajstić information content (AvgIpc) is 3.36. The summed E-state index contributed by atoms with van der Waals surface area (Å²) in [6, 6.07) is 4.86. The number of rotatable bonds is 5. The Labute approximate surface area is 161 Å². The number of hydrogen-bond acceptors (Lipinski definition) is 8. The minimum absolute atomic E-state index is 0.154. The molecular weight excluding hydrogens is 364 g/mol. The number of pyridine rings is 1. The summed E-state index contributed by atoms with van der Waals surface area (Å²) in [4.78, 5) is 24.6. The van der Waals surface area contributed by atoms with Crippen LogP contribution < -0.4 is 9.64 Å². The molecule has 138 valence electrons. The van der Waals surface area contributed by atoms with Crippen molar-refractivity contribution >= 4 is 22.4 Å². The molecule has 1 aliphatic heterocycles. The van der Waals surface area contributed by atoms with Gasteiger partial charge in [-0.3, -0.25) is 14.6 Å². The number of likely N-dealkylation sites (N-methyl/N-ethyl adjacent to an activating group) is 1. The second-order valence-electron chi connectivity index (χ2n) is 5.95. The lowest BCUT2D eigenvalue weighted by Crippen LogP contribution is -2.42. The summed E-state index contributed by atoms with van der Waals surface area (Å²) in [7, 11) is 1.65. The van der Waals surface area contributed by atoms with E-state index in [0.29, 0.717) is 41.8 Å². The van der Waals surface area contributed by atoms with Crippen molar-refractivity contribution in [3.63, 3.8) is 0 Å². The molecule has 1 fully saturated rings. The van der Waals surface area contributed by atoms with Crippen molar-refractivity contribution < 1.29 is 9.53 Å². The van der Waals surface area contributed by atoms with E-state index in [2.05, 4.69) is 16.2 Å². The Morgan fingerprint density at radius 2 is 2.26 bits per heavy atom. The molecule has 1 atom stereocenters. The third kappa shape index (κ3) is 3.69. The molecule has 0 saturated carbocycles. The number of aromatic nitrogens is 2. The molecule has 1 unspecified atom stereocenters. The van der Waals surface area contributed by atoms with Gasteiger partial charge in [0.15, 0.2) is 11.3 Å². The summed E-state index contributed by atoms with van der Waals surface area (Å²) in [5, 5.41) is 20.6. The van der Waals surface area contributed by atoms with Crippen molar-refractivity contribution in [1.82, 2.24) is 14.9 Å². The standard InChI is InChI=1S/C18H18N6O2S/c1-3-26-15-7-6-12(9-19)21-16(15)13-10-27-18(22-13)23(2)17(25)14-5-4-8-24(14)11-20/h6-7,10,14H,3-5,8H2,1-2H3. The van der Waals surface area contributed by atoms with Crippen LogP contribution in [0.1, 0.15) is 25.5 Å². The van der Waals surface area contributed by atoms with Gasteiger partial charge in [-0.1, -0.05) is 0 Å². The quantitative estimate of drug-likeness (QED) is 0.731. The molecule has 8 nitrogen and oxygen atoms in total. The molecule has 2 aromatic rings. The summed E-state index contributed by atoms with van der Waals surface area (Å²) in [5.74, 6) is 0.382. The van der Waals surface area contributed by atoms with Gasteiger partial charge in [-0.15, -0.1) is 11.3 Å². The minimum atomic E-state index is -0.439. The average molecular weight is 382 g/mol. The van der Waals surface area contributed by atoms with Gasteiger partial charge in [0, 0.05) is 19.0 Å². The zero-order valence-electron chi connectivity index (χ0n) is 15.0. The van der Waals surface area contributed by atoms with Gasteiger partial charge in [0.25, 0.3) is 5.91 Å². The van der Waals surface area contributed by atoms with E-state index in [1.807, 2.05) is 13.0 Å². The summed E-state index contributed by atoms with van der Waals surface area (Å²) in [6.07, 6.45) is 3.56. The van der Waals surface area contributed by atoms with Gasteiger partial charge in [0.1, 0.15) is 34.9 Å². The molecule has 0 N–H and O–H groups in total. The number of amides is 1. The van der Waals surface area contributed by atoms with Crippen LogP contribution in [0.5, 0.6) is 5.75 Å². The van der Waals surface area contributed by atoms with Crippen LogP contribution in [0.3, 0.4) is 0 Å². The van der Waals surface area contributed by atoms with E-state index in [-0.39, 0.29) is 11.6 Å². The van der Waals surface area contributed by atoms with Crippen LogP contribution >= 0.6 is 11.3 Å². The van der Waals surface area contributed by atoms with E-state index in [1.165, 1.54) is 21.1 Å². The van der Waals surface area contributed by atoms with Gasteiger partial charge in [-0.2, -0.15) is 10.5 Å². The highest BCUT2D eigenvalue weighted by Gasteiger charge is 2.33. The first-order chi connectivity index (χ1) is 13.1. The normalized spacial score (nSPS) is 15.9. The SMILES string of the molecule is CCOc1ccc(C#N)nc1-c1csc(N(C)C(=O)C2CCCN2C#N)n1. The third-order valence-corrected chi connectivity index (χ3v) is 5.21. The van der Waals surface area contributed by atoms with Crippen molar-refractivity contribution in [2.75, 3.05) is 25.1 Å². The number of carbonyl (C=O) groups is 1. The molecule has 2 aromatic heterocycles. The van der Waals surface area contributed by atoms with Crippen molar-refractivity contribution in [2.45, 2.75) is 25.8 Å². The highest BCUT2D eigenvalue weighted by molar-refractivity contribution is 7.14. The van der Waals surface area contributed by atoms with Gasteiger partial charge in [0.05, 0.1) is 6.61 Å². The number of nitriles is 2. The van der Waals surface area contributed by atoms with E-state index in [0.717, 1.165) is 6.42 Å². The van der Waals surface area contributed by atoms with Crippen molar-refractivity contribution in [2.24, 2.45) is 0 Å². The van der Waals surface area contributed by atoms with E-state index in [1.54, 1.807) is 24.6 Å². The maximum atomic E-state index is 12.7. The molecule has 1 aliphatic rings. The van der Waals surface area contributed by atoms with E-state index >= 15 is 0 Å². The third-order valence-electron chi connectivity index (χ3n) is 4.29. The number of carbonyl (C=O) groups excluding carboxylic acids is 1. The zero-order valence-corrected chi connectivity index (χ0v) is 15.9. The number of hydrogen-bond donors (Lipinski definition) is 0. The molecule has 0 spiro atoms. The summed E-state index contributed by atoms with van der Waals surface area (Å²) in [6.45, 7) is 2.93. The summed E-state index contributed by atoms with van der Waals surface area (Å²) < 4.78 is 5.59. The summed E-state index contributed by atoms with van der Waals surface area (Å²) in [5.41, 5.74) is 1.28. The maximum absolute atomic E-state index is 12.7. The molecule has 0 aromatic carbocycles. The van der Waals surface area contributed by atoms with Crippen LogP contribution in [0.2, 0.25) is 0 Å². The lowest BCUT2D eigenvalue weighted by molar-refractivity contribution is -0.121. The molecule has 0 radical (unpaired) electrons. The minimum Gasteiger partial charge on any atom is -0.492 e. The topological polar surface area (TPSA) is 106 Å². The molecule has 1 amide bonds. The van der Waals surface area contributed by atoms with E-state index < -0.39 is 6.04 Å². The van der Waals surface area contributed by atoms with E-state index in [9.17, 15) is 4.79 Å². The van der Waals surface area contributed by atoms with Crippen molar-refractivity contribution in [1.29, 1.82) is 10.5 Å². The van der Waals surface area contributed by atoms with Crippen LogP contribution in [-0.4, -0.2) is 47.0 Å². The first-order valence-corrected chi connectivity index (χ1v) is 9.40. The van der Waals surface area contributed by atoms with E-state index in [4.69, 9.17) is 15.3 Å². The zero-order chi connectivity index (χ0) is 19.4. The Hall–Kier alpha value is -3.17. The first kappa shape index (κ1) is 18.6. The lowest BCUT2D eigenvalue weighted by Gasteiger charge is -2.22. The molecule has 3 rings (SSSR count). The van der Waals surface area contributed by atoms with Crippen LogP contribution in [0.25, 0.3) is 11.4 Å². The predicted molar refractivity (Wildman–Crippen MR) is 100.0 cm³/mol. The fourth-order valence-corrected chi connectivity index (χ4v) is 3.73. The smallest absolute Gasteiger partial charge is 0.251 e. The highest BCUT2D eigenvalue weighted by Crippen LogP contribution is 2.32. The lowest BCUT2D eigenvalue weighted by atomic mass is 10.2. The van der Waals surface area contributed by atoms with Crippen LogP contribution in [0.15, 0.2) is 17.5 Å². The van der Waals surface area contributed by atoms with Crippen molar-refractivity contribution in [3.05, 3.63) is 23.2 Å². The Kier molecular flexibility index (Phi) is 5.53. The number of ether oxygens (including phenoxy) is 1. The Balaban J connectivity index is 1.88. The Morgan fingerprint density at radius 3 is 2.96 bits per heavy atom. The molecular formula is C18H18N6O2S. The van der Waals surface area contributed by atoms with Crippen molar-refractivity contribution in [3.8, 4) is 29.4 Å². The first-order valence-electron chi connectivity index (χ1n) is 8.52. The van der Waals surface area contributed by atoms with Gasteiger partial charge in [0.2, 0.25) is 0 Å². The van der Waals surface area contributed by atoms with Gasteiger partial charge < -0.3 is 4.74 Å². The molecule has 27 heavy (non-hydrogen) atoms. The number of thiazole rings is 1. The summed E-state index contributed by atoms with van der Waals surface area (Å²) >= 11 is 1.30. The fourth-order valence-electron chi connectivity index (χ4n) is 2.95. The highest BCUT2D eigenvalue weighted by atomic mass is 32.1. The predicted octanol–water partition coefficient (Wildman–Crippen LogP) is 2.38. The van der Waals surface area contributed by atoms with Gasteiger partial charge in [-0.25, -0.2) is 9.97 Å². The maximum Gasteiger partial charge on any atom is 0.251 e. The number of anilines is 1. The molecule has 3 heterocycles. The molecule has 1 saturated heterocycles. The largest absolute Gasteiger partial charge is 0.492 e. The second kappa shape index (κ2) is 8.02. The fraction of sp³-hybridized carbons (Fsp3) is 0.389. The van der Waals surface area contributed by atoms with Crippen LogP contribution in [0.4, 0.5) is 5.13 Å². The second-order valence-corrected chi connectivity index (χ2v) is 6.79. The number of likely N-dealkylation sites (tertiary alicyclic amines) is 1. The number of nitrogens with zero attached hydrogens (tertiary/aromatic N) is 6. The van der Waals surface area contributed by atoms with Gasteiger partial charge >= 0.3 is 0 Å². The van der Waals surface area contributed by atoms with Crippen LogP contribution in [0, 0.1) is 22.8 Å². The monoisotopic (exact) mass is 382 g/mol. The van der Waals surface area contributed by atoms with Crippen LogP contribution in [-0.2, 0) is 4.79 Å². The Morgan fingerprint density at radius 1 is 1.44 bits per heavy atom.